The van der Waals surface area contributed by atoms with Crippen LogP contribution in [0.15, 0.2) is 35.7 Å². The number of carbonyl (C=O) groups excluding carboxylic acids is 2. The van der Waals surface area contributed by atoms with Gasteiger partial charge in [-0.25, -0.2) is 4.39 Å². The van der Waals surface area contributed by atoms with E-state index in [-0.39, 0.29) is 11.5 Å². The summed E-state index contributed by atoms with van der Waals surface area (Å²) in [4.78, 5) is 24.1. The fourth-order valence-corrected chi connectivity index (χ4v) is 2.57. The third-order valence-electron chi connectivity index (χ3n) is 2.84. The number of rotatable bonds is 6. The Morgan fingerprint density at radius 1 is 1.14 bits per heavy atom. The van der Waals surface area contributed by atoms with Crippen LogP contribution >= 0.6 is 22.9 Å². The van der Waals surface area contributed by atoms with Gasteiger partial charge in [-0.1, -0.05) is 17.7 Å². The summed E-state index contributed by atoms with van der Waals surface area (Å²) < 4.78 is 13.5. The van der Waals surface area contributed by atoms with E-state index in [0.717, 1.165) is 6.07 Å². The monoisotopic (exact) mass is 340 g/mol. The van der Waals surface area contributed by atoms with Gasteiger partial charge in [-0.2, -0.15) is 0 Å². The number of hydrogen-bond donors (Lipinski definition) is 2. The van der Waals surface area contributed by atoms with Crippen molar-refractivity contribution in [3.63, 3.8) is 0 Å². The molecule has 0 aliphatic rings. The van der Waals surface area contributed by atoms with Crippen molar-refractivity contribution in [2.45, 2.75) is 6.42 Å². The van der Waals surface area contributed by atoms with Gasteiger partial charge in [0.15, 0.2) is 0 Å². The van der Waals surface area contributed by atoms with E-state index < -0.39 is 11.7 Å². The number of nitrogens with one attached hydrogen (secondary N) is 2. The van der Waals surface area contributed by atoms with Gasteiger partial charge in [0.2, 0.25) is 0 Å². The predicted molar refractivity (Wildman–Crippen MR) is 85.0 cm³/mol. The van der Waals surface area contributed by atoms with Gasteiger partial charge in [-0.3, -0.25) is 9.59 Å². The Bertz CT molecular complexity index is 662. The quantitative estimate of drug-likeness (QED) is 0.794. The van der Waals surface area contributed by atoms with Crippen molar-refractivity contribution in [3.05, 3.63) is 57.0 Å². The molecule has 1 heterocycles. The van der Waals surface area contributed by atoms with E-state index in [1.807, 2.05) is 5.38 Å². The summed E-state index contributed by atoms with van der Waals surface area (Å²) in [6.45, 7) is 0.755. The van der Waals surface area contributed by atoms with Gasteiger partial charge in [0.1, 0.15) is 5.82 Å². The Morgan fingerprint density at radius 2 is 1.86 bits per heavy atom. The molecular weight excluding hydrogens is 327 g/mol. The minimum Gasteiger partial charge on any atom is -0.352 e. The second-order valence-corrected chi connectivity index (χ2v) is 5.85. The third kappa shape index (κ3) is 4.54. The molecule has 0 unspecified atom stereocenters. The molecule has 0 fully saturated rings. The maximum absolute atomic E-state index is 13.5. The number of benzene rings is 1. The second kappa shape index (κ2) is 7.91. The van der Waals surface area contributed by atoms with Crippen LogP contribution in [0.25, 0.3) is 0 Å². The zero-order valence-electron chi connectivity index (χ0n) is 11.6. The van der Waals surface area contributed by atoms with Crippen LogP contribution in [0.2, 0.25) is 5.02 Å². The van der Waals surface area contributed by atoms with Crippen LogP contribution in [0.4, 0.5) is 4.39 Å². The molecular formula is C15H14ClFN2O2S. The molecule has 4 nitrogen and oxygen atoms in total. The first kappa shape index (κ1) is 16.5. The third-order valence-corrected chi connectivity index (χ3v) is 3.95. The zero-order valence-corrected chi connectivity index (χ0v) is 13.1. The molecule has 22 heavy (non-hydrogen) atoms. The fraction of sp³-hybridized carbons (Fsp3) is 0.200. The molecule has 2 rings (SSSR count). The molecule has 0 spiro atoms. The SMILES string of the molecule is O=C(NCCCNC(=O)c1cc(Cl)ccc1F)c1cccs1. The smallest absolute Gasteiger partial charge is 0.261 e. The van der Waals surface area contributed by atoms with Gasteiger partial charge >= 0.3 is 0 Å². The first-order chi connectivity index (χ1) is 10.6. The molecule has 116 valence electrons. The number of hydrogen-bond acceptors (Lipinski definition) is 3. The lowest BCUT2D eigenvalue weighted by atomic mass is 10.2. The Kier molecular flexibility index (Phi) is 5.91. The molecule has 0 aliphatic heterocycles. The number of halogens is 2. The molecule has 2 aromatic rings. The van der Waals surface area contributed by atoms with Gasteiger partial charge in [-0.15, -0.1) is 11.3 Å². The second-order valence-electron chi connectivity index (χ2n) is 4.47. The highest BCUT2D eigenvalue weighted by atomic mass is 35.5. The highest BCUT2D eigenvalue weighted by Crippen LogP contribution is 2.14. The molecule has 2 N–H and O–H groups in total. The Balaban J connectivity index is 1.71. The number of amides is 2. The van der Waals surface area contributed by atoms with E-state index in [1.54, 1.807) is 12.1 Å². The van der Waals surface area contributed by atoms with Crippen molar-refractivity contribution in [2.24, 2.45) is 0 Å². The van der Waals surface area contributed by atoms with Crippen molar-refractivity contribution in [1.82, 2.24) is 10.6 Å². The normalized spacial score (nSPS) is 10.3. The van der Waals surface area contributed by atoms with Crippen LogP contribution in [0.1, 0.15) is 26.5 Å². The summed E-state index contributed by atoms with van der Waals surface area (Å²) >= 11 is 7.10. The molecule has 1 aromatic carbocycles. The Hall–Kier alpha value is -1.92. The maximum Gasteiger partial charge on any atom is 0.261 e. The van der Waals surface area contributed by atoms with Crippen molar-refractivity contribution in [2.75, 3.05) is 13.1 Å². The van der Waals surface area contributed by atoms with Gasteiger partial charge in [-0.05, 0) is 36.1 Å². The predicted octanol–water partition coefficient (Wildman–Crippen LogP) is 3.09. The van der Waals surface area contributed by atoms with Crippen LogP contribution < -0.4 is 10.6 Å². The molecule has 0 radical (unpaired) electrons. The number of thiophene rings is 1. The van der Waals surface area contributed by atoms with Crippen molar-refractivity contribution in [3.8, 4) is 0 Å². The summed E-state index contributed by atoms with van der Waals surface area (Å²) in [7, 11) is 0. The summed E-state index contributed by atoms with van der Waals surface area (Å²) in [6, 6.07) is 7.36. The minimum absolute atomic E-state index is 0.0879. The first-order valence-corrected chi connectivity index (χ1v) is 7.88. The Morgan fingerprint density at radius 3 is 2.55 bits per heavy atom. The van der Waals surface area contributed by atoms with E-state index >= 15 is 0 Å². The molecule has 0 bridgehead atoms. The lowest BCUT2D eigenvalue weighted by Gasteiger charge is -2.07. The van der Waals surface area contributed by atoms with Gasteiger partial charge < -0.3 is 10.6 Å². The lowest BCUT2D eigenvalue weighted by molar-refractivity contribution is 0.0949. The van der Waals surface area contributed by atoms with Crippen LogP contribution in [0.3, 0.4) is 0 Å². The van der Waals surface area contributed by atoms with E-state index in [4.69, 9.17) is 11.6 Å². The van der Waals surface area contributed by atoms with E-state index in [2.05, 4.69) is 10.6 Å². The Labute approximate surface area is 136 Å². The molecule has 2 amide bonds. The largest absolute Gasteiger partial charge is 0.352 e. The van der Waals surface area contributed by atoms with E-state index in [9.17, 15) is 14.0 Å². The van der Waals surface area contributed by atoms with Gasteiger partial charge in [0, 0.05) is 18.1 Å². The fourth-order valence-electron chi connectivity index (χ4n) is 1.75. The van der Waals surface area contributed by atoms with Crippen molar-refractivity contribution < 1.29 is 14.0 Å². The molecule has 0 atom stereocenters. The summed E-state index contributed by atoms with van der Waals surface area (Å²) in [5, 5.41) is 7.46. The number of carbonyl (C=O) groups is 2. The highest BCUT2D eigenvalue weighted by Gasteiger charge is 2.11. The van der Waals surface area contributed by atoms with Crippen molar-refractivity contribution in [1.29, 1.82) is 0 Å². The van der Waals surface area contributed by atoms with E-state index in [0.29, 0.717) is 29.4 Å². The average molecular weight is 341 g/mol. The minimum atomic E-state index is -0.618. The molecule has 7 heteroatoms. The molecule has 0 saturated carbocycles. The topological polar surface area (TPSA) is 58.2 Å². The highest BCUT2D eigenvalue weighted by molar-refractivity contribution is 7.12. The van der Waals surface area contributed by atoms with Crippen LogP contribution in [0, 0.1) is 5.82 Å². The van der Waals surface area contributed by atoms with Crippen LogP contribution in [0.5, 0.6) is 0 Å². The zero-order chi connectivity index (χ0) is 15.9. The van der Waals surface area contributed by atoms with Crippen LogP contribution in [-0.4, -0.2) is 24.9 Å². The average Bonchev–Trinajstić information content (AvgIpc) is 3.03. The summed E-state index contributed by atoms with van der Waals surface area (Å²) in [5.41, 5.74) is -0.0879. The molecule has 0 saturated heterocycles. The molecule has 1 aromatic heterocycles. The van der Waals surface area contributed by atoms with Gasteiger partial charge in [0.05, 0.1) is 10.4 Å². The first-order valence-electron chi connectivity index (χ1n) is 6.63. The van der Waals surface area contributed by atoms with E-state index in [1.165, 1.54) is 23.5 Å². The summed E-state index contributed by atoms with van der Waals surface area (Å²) in [5.74, 6) is -1.28. The lowest BCUT2D eigenvalue weighted by Crippen LogP contribution is -2.30. The standard InChI is InChI=1S/C15H14ClFN2O2S/c16-10-4-5-12(17)11(9-10)14(20)18-6-2-7-19-15(21)13-3-1-8-22-13/h1,3-5,8-9H,2,6-7H2,(H,18,20)(H,19,21). The summed E-state index contributed by atoms with van der Waals surface area (Å²) in [6.07, 6.45) is 0.547. The molecule has 0 aliphatic carbocycles. The van der Waals surface area contributed by atoms with Gasteiger partial charge in [0.25, 0.3) is 11.8 Å². The maximum atomic E-state index is 13.5. The van der Waals surface area contributed by atoms with Crippen LogP contribution in [-0.2, 0) is 0 Å². The van der Waals surface area contributed by atoms with Crippen molar-refractivity contribution >= 4 is 34.8 Å².